The highest BCUT2D eigenvalue weighted by Gasteiger charge is 2.44. The van der Waals surface area contributed by atoms with Crippen LogP contribution < -0.4 is 0 Å². The van der Waals surface area contributed by atoms with Crippen molar-refractivity contribution in [2.45, 2.75) is 12.6 Å². The summed E-state index contributed by atoms with van der Waals surface area (Å²) in [5, 5.41) is 20.3. The van der Waals surface area contributed by atoms with E-state index >= 15 is 0 Å². The van der Waals surface area contributed by atoms with Gasteiger partial charge in [0.2, 0.25) is 5.78 Å². The SMILES string of the molecule is O=C(C1=C(O)C(=O)N(Cc2ccc(F)cc2)C1c1ccc(O)c(Cl)c1)c1ccco1. The number of aliphatic hydroxyl groups is 1. The average molecular weight is 428 g/mol. The minimum absolute atomic E-state index is 0.00126. The van der Waals surface area contributed by atoms with Crippen molar-refractivity contribution in [2.24, 2.45) is 0 Å². The molecule has 0 bridgehead atoms. The third-order valence-corrected chi connectivity index (χ3v) is 5.15. The van der Waals surface area contributed by atoms with Crippen LogP contribution in [0, 0.1) is 5.82 Å². The zero-order valence-corrected chi connectivity index (χ0v) is 16.1. The van der Waals surface area contributed by atoms with Crippen LogP contribution in [0.1, 0.15) is 27.7 Å². The van der Waals surface area contributed by atoms with E-state index in [1.54, 1.807) is 0 Å². The molecule has 30 heavy (non-hydrogen) atoms. The highest BCUT2D eigenvalue weighted by Crippen LogP contribution is 2.41. The fraction of sp³-hybridized carbons (Fsp3) is 0.0909. The Morgan fingerprint density at radius 3 is 2.50 bits per heavy atom. The summed E-state index contributed by atoms with van der Waals surface area (Å²) in [5.74, 6) is -2.74. The van der Waals surface area contributed by atoms with Crippen molar-refractivity contribution < 1.29 is 28.6 Å². The summed E-state index contributed by atoms with van der Waals surface area (Å²) in [6, 6.07) is 11.7. The monoisotopic (exact) mass is 427 g/mol. The normalized spacial score (nSPS) is 16.4. The van der Waals surface area contributed by atoms with Crippen molar-refractivity contribution in [3.05, 3.63) is 99.9 Å². The number of carbonyl (C=O) groups excluding carboxylic acids is 2. The predicted octanol–water partition coefficient (Wildman–Crippen LogP) is 4.56. The van der Waals surface area contributed by atoms with Gasteiger partial charge in [0.15, 0.2) is 11.5 Å². The number of nitrogens with zero attached hydrogens (tertiary/aromatic N) is 1. The van der Waals surface area contributed by atoms with E-state index in [2.05, 4.69) is 0 Å². The number of Topliss-reactive ketones (excluding diaryl/α,β-unsaturated/α-hetero) is 1. The van der Waals surface area contributed by atoms with Crippen LogP contribution in [0.25, 0.3) is 0 Å². The molecule has 0 aliphatic carbocycles. The maximum Gasteiger partial charge on any atom is 0.290 e. The molecule has 6 nitrogen and oxygen atoms in total. The van der Waals surface area contributed by atoms with Gasteiger partial charge in [0.25, 0.3) is 5.91 Å². The molecule has 0 spiro atoms. The van der Waals surface area contributed by atoms with Crippen LogP contribution in [0.3, 0.4) is 0 Å². The Morgan fingerprint density at radius 2 is 1.87 bits per heavy atom. The number of hydrogen-bond acceptors (Lipinski definition) is 5. The smallest absolute Gasteiger partial charge is 0.290 e. The van der Waals surface area contributed by atoms with Crippen molar-refractivity contribution in [1.82, 2.24) is 4.90 Å². The van der Waals surface area contributed by atoms with Gasteiger partial charge in [-0.1, -0.05) is 29.8 Å². The lowest BCUT2D eigenvalue weighted by Crippen LogP contribution is -2.30. The van der Waals surface area contributed by atoms with Gasteiger partial charge in [-0.2, -0.15) is 0 Å². The number of phenols is 1. The van der Waals surface area contributed by atoms with Gasteiger partial charge < -0.3 is 19.5 Å². The van der Waals surface area contributed by atoms with Gasteiger partial charge >= 0.3 is 0 Å². The van der Waals surface area contributed by atoms with Crippen LogP contribution in [-0.2, 0) is 11.3 Å². The number of furan rings is 1. The van der Waals surface area contributed by atoms with Gasteiger partial charge in [0.05, 0.1) is 22.9 Å². The molecule has 2 N–H and O–H groups in total. The number of aliphatic hydroxyl groups excluding tert-OH is 1. The largest absolute Gasteiger partial charge is 0.506 e. The van der Waals surface area contributed by atoms with Gasteiger partial charge in [0.1, 0.15) is 11.6 Å². The highest BCUT2D eigenvalue weighted by atomic mass is 35.5. The fourth-order valence-corrected chi connectivity index (χ4v) is 3.60. The third-order valence-electron chi connectivity index (χ3n) is 4.85. The van der Waals surface area contributed by atoms with Crippen LogP contribution in [-0.4, -0.2) is 26.8 Å². The summed E-state index contributed by atoms with van der Waals surface area (Å²) >= 11 is 6.04. The number of carbonyl (C=O) groups is 2. The zero-order chi connectivity index (χ0) is 21.4. The molecule has 3 aromatic rings. The van der Waals surface area contributed by atoms with E-state index in [9.17, 15) is 24.2 Å². The predicted molar refractivity (Wildman–Crippen MR) is 106 cm³/mol. The topological polar surface area (TPSA) is 91.0 Å². The minimum Gasteiger partial charge on any atom is -0.506 e. The van der Waals surface area contributed by atoms with E-state index in [4.69, 9.17) is 16.0 Å². The second-order valence-corrected chi connectivity index (χ2v) is 7.15. The Bertz CT molecular complexity index is 1150. The van der Waals surface area contributed by atoms with E-state index in [1.165, 1.54) is 65.8 Å². The van der Waals surface area contributed by atoms with E-state index in [1.807, 2.05) is 0 Å². The fourth-order valence-electron chi connectivity index (χ4n) is 3.42. The number of aromatic hydroxyl groups is 1. The van der Waals surface area contributed by atoms with Crippen molar-refractivity contribution in [1.29, 1.82) is 0 Å². The lowest BCUT2D eigenvalue weighted by molar-refractivity contribution is -0.130. The lowest BCUT2D eigenvalue weighted by Gasteiger charge is -2.27. The number of hydrogen-bond donors (Lipinski definition) is 2. The van der Waals surface area contributed by atoms with E-state index in [0.29, 0.717) is 11.1 Å². The van der Waals surface area contributed by atoms with Gasteiger partial charge in [-0.25, -0.2) is 4.39 Å². The van der Waals surface area contributed by atoms with Crippen molar-refractivity contribution in [2.75, 3.05) is 0 Å². The summed E-state index contributed by atoms with van der Waals surface area (Å²) in [6.07, 6.45) is 1.31. The molecule has 0 saturated heterocycles. The van der Waals surface area contributed by atoms with Crippen LogP contribution in [0.2, 0.25) is 5.02 Å². The summed E-state index contributed by atoms with van der Waals surface area (Å²) in [7, 11) is 0. The molecule has 1 amide bonds. The van der Waals surface area contributed by atoms with Crippen LogP contribution in [0.15, 0.2) is 76.6 Å². The molecule has 8 heteroatoms. The summed E-state index contributed by atoms with van der Waals surface area (Å²) in [6.45, 7) is 0.00126. The molecule has 1 aliphatic rings. The molecule has 1 unspecified atom stereocenters. The van der Waals surface area contributed by atoms with Gasteiger partial charge in [-0.3, -0.25) is 9.59 Å². The van der Waals surface area contributed by atoms with Gasteiger partial charge in [-0.05, 0) is 47.5 Å². The maximum atomic E-state index is 13.3. The van der Waals surface area contributed by atoms with Gasteiger partial charge in [0, 0.05) is 6.54 Å². The highest BCUT2D eigenvalue weighted by molar-refractivity contribution is 6.32. The minimum atomic E-state index is -0.988. The summed E-state index contributed by atoms with van der Waals surface area (Å²) in [4.78, 5) is 27.2. The van der Waals surface area contributed by atoms with Crippen molar-refractivity contribution in [3.8, 4) is 5.75 Å². The Kier molecular flexibility index (Phi) is 5.05. The molecule has 0 saturated carbocycles. The third kappa shape index (κ3) is 3.44. The number of benzene rings is 2. The molecule has 152 valence electrons. The first kappa shape index (κ1) is 19.7. The molecule has 2 heterocycles. The molecular weight excluding hydrogens is 413 g/mol. The van der Waals surface area contributed by atoms with E-state index in [0.717, 1.165) is 0 Å². The first-order chi connectivity index (χ1) is 14.4. The molecule has 1 aliphatic heterocycles. The van der Waals surface area contributed by atoms with Crippen LogP contribution >= 0.6 is 11.6 Å². The molecule has 1 atom stereocenters. The van der Waals surface area contributed by atoms with Crippen molar-refractivity contribution in [3.63, 3.8) is 0 Å². The maximum absolute atomic E-state index is 13.3. The van der Waals surface area contributed by atoms with Crippen LogP contribution in [0.5, 0.6) is 5.75 Å². The molecular formula is C22H15ClFNO5. The average Bonchev–Trinajstić information content (AvgIpc) is 3.35. The first-order valence-corrected chi connectivity index (χ1v) is 9.29. The first-order valence-electron chi connectivity index (χ1n) is 8.92. The second kappa shape index (κ2) is 7.68. The Hall–Kier alpha value is -3.58. The molecule has 0 radical (unpaired) electrons. The molecule has 0 fully saturated rings. The molecule has 2 aromatic carbocycles. The quantitative estimate of drug-likeness (QED) is 0.582. The number of amides is 1. The summed E-state index contributed by atoms with van der Waals surface area (Å²) in [5.41, 5.74) is 0.838. The van der Waals surface area contributed by atoms with Gasteiger partial charge in [-0.15, -0.1) is 0 Å². The Balaban J connectivity index is 1.81. The Morgan fingerprint density at radius 1 is 1.13 bits per heavy atom. The zero-order valence-electron chi connectivity index (χ0n) is 15.4. The van der Waals surface area contributed by atoms with E-state index < -0.39 is 29.3 Å². The van der Waals surface area contributed by atoms with Crippen molar-refractivity contribution >= 4 is 23.3 Å². The lowest BCUT2D eigenvalue weighted by atomic mass is 9.94. The molecule has 1 aromatic heterocycles. The summed E-state index contributed by atoms with van der Waals surface area (Å²) < 4.78 is 18.4. The number of halogens is 2. The number of phenolic OH excluding ortho intramolecular Hbond substituents is 1. The number of rotatable bonds is 5. The number of ketones is 1. The Labute approximate surface area is 175 Å². The molecule has 4 rings (SSSR count). The van der Waals surface area contributed by atoms with Crippen LogP contribution in [0.4, 0.5) is 4.39 Å². The van der Waals surface area contributed by atoms with E-state index in [-0.39, 0.29) is 28.7 Å². The second-order valence-electron chi connectivity index (χ2n) is 6.74. The standard InChI is InChI=1S/C22H15ClFNO5/c23-15-10-13(5-8-16(15)26)19-18(20(27)17-2-1-9-30-17)21(28)22(29)25(19)11-12-3-6-14(24)7-4-12/h1-10,19,26,28H,11H2.